The van der Waals surface area contributed by atoms with E-state index in [1.807, 2.05) is 56.3 Å². The van der Waals surface area contributed by atoms with Gasteiger partial charge in [0.05, 0.1) is 5.88 Å². The number of pyridine rings is 1. The fraction of sp³-hybridized carbons (Fsp3) is 0.167. The summed E-state index contributed by atoms with van der Waals surface area (Å²) in [4.78, 5) is 4.59. The molecule has 0 fully saturated rings. The molecule has 0 aliphatic rings. The number of hydrogen-bond acceptors (Lipinski definition) is 2. The number of alkyl halides is 1. The van der Waals surface area contributed by atoms with Crippen LogP contribution in [0.15, 0.2) is 48.5 Å². The van der Waals surface area contributed by atoms with Gasteiger partial charge in [0.15, 0.2) is 5.75 Å². The van der Waals surface area contributed by atoms with Crippen LogP contribution < -0.4 is 4.74 Å². The van der Waals surface area contributed by atoms with Crippen molar-refractivity contribution in [1.82, 2.24) is 4.98 Å². The Morgan fingerprint density at radius 1 is 1.00 bits per heavy atom. The van der Waals surface area contributed by atoms with E-state index >= 15 is 0 Å². The summed E-state index contributed by atoms with van der Waals surface area (Å²) in [7, 11) is 0. The molecule has 0 saturated heterocycles. The summed E-state index contributed by atoms with van der Waals surface area (Å²) >= 11 is 6.02. The van der Waals surface area contributed by atoms with Gasteiger partial charge in [0.2, 0.25) is 0 Å². The predicted octanol–water partition coefficient (Wildman–Crippen LogP) is 5.38. The van der Waals surface area contributed by atoms with Crippen molar-refractivity contribution in [2.45, 2.75) is 19.7 Å². The normalized spacial score (nSPS) is 10.8. The lowest BCUT2D eigenvalue weighted by Gasteiger charge is -2.12. The van der Waals surface area contributed by atoms with Crippen molar-refractivity contribution in [3.8, 4) is 11.5 Å². The van der Waals surface area contributed by atoms with Gasteiger partial charge in [-0.25, -0.2) is 4.98 Å². The summed E-state index contributed by atoms with van der Waals surface area (Å²) in [5.41, 5.74) is 4.00. The van der Waals surface area contributed by atoms with Crippen LogP contribution in [-0.4, -0.2) is 4.98 Å². The molecule has 3 heteroatoms. The van der Waals surface area contributed by atoms with Crippen LogP contribution in [0.1, 0.15) is 16.8 Å². The second-order valence-corrected chi connectivity index (χ2v) is 5.39. The van der Waals surface area contributed by atoms with Gasteiger partial charge in [0.25, 0.3) is 0 Å². The summed E-state index contributed by atoms with van der Waals surface area (Å²) in [6, 6.07) is 16.0. The molecule has 0 aliphatic carbocycles. The van der Waals surface area contributed by atoms with Gasteiger partial charge >= 0.3 is 0 Å². The molecule has 3 aromatic rings. The fourth-order valence-electron chi connectivity index (χ4n) is 2.33. The number of aromatic nitrogens is 1. The first-order valence-corrected chi connectivity index (χ1v) is 7.40. The third kappa shape index (κ3) is 2.86. The highest BCUT2D eigenvalue weighted by Crippen LogP contribution is 2.31. The van der Waals surface area contributed by atoms with Crippen LogP contribution >= 0.6 is 11.6 Å². The van der Waals surface area contributed by atoms with E-state index in [9.17, 15) is 0 Å². The molecule has 0 spiro atoms. The van der Waals surface area contributed by atoms with E-state index in [1.165, 1.54) is 5.56 Å². The maximum Gasteiger partial charge on any atom is 0.153 e. The van der Waals surface area contributed by atoms with Gasteiger partial charge in [-0.3, -0.25) is 0 Å². The van der Waals surface area contributed by atoms with Gasteiger partial charge < -0.3 is 4.74 Å². The highest BCUT2D eigenvalue weighted by molar-refractivity contribution is 6.17. The monoisotopic (exact) mass is 297 g/mol. The number of benzene rings is 2. The second kappa shape index (κ2) is 5.74. The number of aryl methyl sites for hydroxylation is 2. The summed E-state index contributed by atoms with van der Waals surface area (Å²) in [5, 5.41) is 1.07. The third-order valence-electron chi connectivity index (χ3n) is 3.40. The van der Waals surface area contributed by atoms with Gasteiger partial charge in [0, 0.05) is 16.6 Å². The average Bonchev–Trinajstić information content (AvgIpc) is 2.49. The van der Waals surface area contributed by atoms with Crippen molar-refractivity contribution in [3.63, 3.8) is 0 Å². The molecule has 21 heavy (non-hydrogen) atoms. The number of fused-ring (bicyclic) bond motifs is 1. The van der Waals surface area contributed by atoms with Crippen LogP contribution in [0.25, 0.3) is 10.9 Å². The summed E-state index contributed by atoms with van der Waals surface area (Å²) in [6.45, 7) is 4.02. The Morgan fingerprint density at radius 3 is 2.67 bits per heavy atom. The van der Waals surface area contributed by atoms with E-state index in [0.29, 0.717) is 5.88 Å². The molecule has 1 heterocycles. The largest absolute Gasteiger partial charge is 0.455 e. The zero-order valence-electron chi connectivity index (χ0n) is 12.1. The molecule has 0 radical (unpaired) electrons. The number of hydrogen-bond donors (Lipinski definition) is 0. The molecule has 0 N–H and O–H groups in total. The van der Waals surface area contributed by atoms with E-state index in [1.54, 1.807) is 0 Å². The lowest BCUT2D eigenvalue weighted by atomic mass is 10.1. The first-order valence-electron chi connectivity index (χ1n) is 6.87. The zero-order valence-corrected chi connectivity index (χ0v) is 12.8. The molecule has 3 rings (SSSR count). The van der Waals surface area contributed by atoms with Crippen LogP contribution in [-0.2, 0) is 5.88 Å². The summed E-state index contributed by atoms with van der Waals surface area (Å²) in [6.07, 6.45) is 0. The molecule has 0 atom stereocenters. The van der Waals surface area contributed by atoms with Crippen LogP contribution in [0, 0.1) is 13.8 Å². The Balaban J connectivity index is 2.08. The lowest BCUT2D eigenvalue weighted by molar-refractivity contribution is 0.482. The van der Waals surface area contributed by atoms with Crippen molar-refractivity contribution < 1.29 is 4.74 Å². The quantitative estimate of drug-likeness (QED) is 0.605. The SMILES string of the molecule is Cc1ccc(Oc2cccc3ccc(C)nc23)c(CCl)c1. The molecule has 0 saturated carbocycles. The minimum absolute atomic E-state index is 0.425. The first-order chi connectivity index (χ1) is 10.2. The van der Waals surface area contributed by atoms with Crippen molar-refractivity contribution in [2.75, 3.05) is 0 Å². The van der Waals surface area contributed by atoms with Crippen LogP contribution in [0.4, 0.5) is 0 Å². The average molecular weight is 298 g/mol. The topological polar surface area (TPSA) is 22.1 Å². The van der Waals surface area contributed by atoms with Crippen molar-refractivity contribution in [2.24, 2.45) is 0 Å². The Morgan fingerprint density at radius 2 is 1.86 bits per heavy atom. The number of halogens is 1. The van der Waals surface area contributed by atoms with Gasteiger partial charge in [-0.15, -0.1) is 11.6 Å². The molecule has 0 unspecified atom stereocenters. The number of ether oxygens (including phenoxy) is 1. The van der Waals surface area contributed by atoms with Gasteiger partial charge in [0.1, 0.15) is 11.3 Å². The number of rotatable bonds is 3. The van der Waals surface area contributed by atoms with Gasteiger partial charge in [-0.2, -0.15) is 0 Å². The standard InChI is InChI=1S/C18H16ClNO/c1-12-6-9-16(15(10-12)11-19)21-17-5-3-4-14-8-7-13(2)20-18(14)17/h3-10H,11H2,1-2H3. The summed E-state index contributed by atoms with van der Waals surface area (Å²) < 4.78 is 6.08. The Kier molecular flexibility index (Phi) is 3.80. The van der Waals surface area contributed by atoms with Crippen LogP contribution in [0.5, 0.6) is 11.5 Å². The zero-order chi connectivity index (χ0) is 14.8. The van der Waals surface area contributed by atoms with Gasteiger partial charge in [-0.1, -0.05) is 35.9 Å². The Labute approximate surface area is 129 Å². The predicted molar refractivity (Wildman–Crippen MR) is 87.3 cm³/mol. The number of nitrogens with zero attached hydrogens (tertiary/aromatic N) is 1. The van der Waals surface area contributed by atoms with Crippen LogP contribution in [0.3, 0.4) is 0 Å². The second-order valence-electron chi connectivity index (χ2n) is 5.13. The smallest absolute Gasteiger partial charge is 0.153 e. The molecule has 1 aromatic heterocycles. The van der Waals surface area contributed by atoms with E-state index in [-0.39, 0.29) is 0 Å². The highest BCUT2D eigenvalue weighted by atomic mass is 35.5. The fourth-order valence-corrected chi connectivity index (χ4v) is 2.54. The Bertz CT molecular complexity index is 798. The molecule has 106 valence electrons. The van der Waals surface area contributed by atoms with Crippen molar-refractivity contribution in [3.05, 3.63) is 65.4 Å². The highest BCUT2D eigenvalue weighted by Gasteiger charge is 2.08. The summed E-state index contributed by atoms with van der Waals surface area (Å²) in [5.74, 6) is 1.96. The van der Waals surface area contributed by atoms with E-state index in [4.69, 9.17) is 16.3 Å². The maximum atomic E-state index is 6.08. The number of para-hydroxylation sites is 1. The minimum Gasteiger partial charge on any atom is -0.455 e. The van der Waals surface area contributed by atoms with Crippen molar-refractivity contribution in [1.29, 1.82) is 0 Å². The third-order valence-corrected chi connectivity index (χ3v) is 3.69. The van der Waals surface area contributed by atoms with Gasteiger partial charge in [-0.05, 0) is 32.0 Å². The molecular weight excluding hydrogens is 282 g/mol. The lowest BCUT2D eigenvalue weighted by Crippen LogP contribution is -1.93. The molecule has 0 bridgehead atoms. The molecule has 2 nitrogen and oxygen atoms in total. The molecule has 2 aromatic carbocycles. The van der Waals surface area contributed by atoms with E-state index in [2.05, 4.69) is 11.1 Å². The Hall–Kier alpha value is -2.06. The van der Waals surface area contributed by atoms with Crippen molar-refractivity contribution >= 4 is 22.5 Å². The van der Waals surface area contributed by atoms with Crippen LogP contribution in [0.2, 0.25) is 0 Å². The first kappa shape index (κ1) is 13.9. The molecule has 0 amide bonds. The van der Waals surface area contributed by atoms with E-state index in [0.717, 1.165) is 33.7 Å². The minimum atomic E-state index is 0.425. The maximum absolute atomic E-state index is 6.08. The van der Waals surface area contributed by atoms with E-state index < -0.39 is 0 Å². The molecule has 0 aliphatic heterocycles. The molecular formula is C18H16ClNO.